The lowest BCUT2D eigenvalue weighted by Crippen LogP contribution is -2.41. The summed E-state index contributed by atoms with van der Waals surface area (Å²) in [4.78, 5) is 19.8. The van der Waals surface area contributed by atoms with Crippen molar-refractivity contribution < 1.29 is 19.0 Å². The second kappa shape index (κ2) is 9.00. The van der Waals surface area contributed by atoms with Gasteiger partial charge in [0.2, 0.25) is 0 Å². The van der Waals surface area contributed by atoms with Crippen molar-refractivity contribution in [2.45, 2.75) is 19.8 Å². The second-order valence-corrected chi connectivity index (χ2v) is 8.39. The molecule has 7 nitrogen and oxygen atoms in total. The minimum atomic E-state index is -0.0487. The summed E-state index contributed by atoms with van der Waals surface area (Å²) in [7, 11) is 0. The Hall–Kier alpha value is -2.77. The molecule has 1 N–H and O–H groups in total. The fourth-order valence-corrected chi connectivity index (χ4v) is 4.70. The Bertz CT molecular complexity index is 1080. The van der Waals surface area contributed by atoms with Gasteiger partial charge in [0.05, 0.1) is 24.5 Å². The van der Waals surface area contributed by atoms with Crippen molar-refractivity contribution in [2.75, 3.05) is 51.4 Å². The van der Waals surface area contributed by atoms with Gasteiger partial charge in [0, 0.05) is 60.0 Å². The van der Waals surface area contributed by atoms with Crippen LogP contribution in [-0.4, -0.2) is 61.9 Å². The first kappa shape index (κ1) is 21.1. The van der Waals surface area contributed by atoms with E-state index in [1.165, 1.54) is 0 Å². The molecule has 0 spiro atoms. The number of rotatable bonds is 5. The molecule has 1 aliphatic carbocycles. The lowest BCUT2D eigenvalue weighted by atomic mass is 10.0. The zero-order valence-electron chi connectivity index (χ0n) is 18.1. The van der Waals surface area contributed by atoms with E-state index in [0.717, 1.165) is 46.2 Å². The lowest BCUT2D eigenvalue weighted by Gasteiger charge is -2.29. The predicted molar refractivity (Wildman–Crippen MR) is 123 cm³/mol. The monoisotopic (exact) mass is 455 g/mol. The number of halogens is 1. The largest absolute Gasteiger partial charge is 0.486 e. The number of carbonyl (C=O) groups excluding carboxylic acids is 1. The number of nitrogens with zero attached hydrogens (tertiary/aromatic N) is 2. The molecule has 0 atom stereocenters. The Balaban J connectivity index is 1.47. The van der Waals surface area contributed by atoms with Crippen molar-refractivity contribution in [1.82, 2.24) is 9.88 Å². The molecule has 3 aliphatic rings. The molecule has 0 unspecified atom stereocenters. The number of nitrogens with one attached hydrogen (secondary N) is 1. The molecule has 3 heterocycles. The maximum Gasteiger partial charge on any atom is 0.257 e. The predicted octanol–water partition coefficient (Wildman–Crippen LogP) is 3.48. The normalized spacial score (nSPS) is 17.1. The summed E-state index contributed by atoms with van der Waals surface area (Å²) in [6.45, 7) is 6.01. The van der Waals surface area contributed by atoms with Crippen LogP contribution in [0.2, 0.25) is 0 Å². The molecular formula is C24H26ClN3O4. The number of amides is 1. The molecule has 1 aromatic carbocycles. The van der Waals surface area contributed by atoms with Crippen molar-refractivity contribution in [3.05, 3.63) is 52.4 Å². The molecule has 1 saturated heterocycles. The molecule has 32 heavy (non-hydrogen) atoms. The minimum absolute atomic E-state index is 0.0487. The first-order valence-electron chi connectivity index (χ1n) is 11.1. The average molecular weight is 456 g/mol. The van der Waals surface area contributed by atoms with E-state index in [1.807, 2.05) is 24.3 Å². The zero-order chi connectivity index (χ0) is 22.1. The lowest BCUT2D eigenvalue weighted by molar-refractivity contribution is 0.0298. The van der Waals surface area contributed by atoms with E-state index >= 15 is 0 Å². The summed E-state index contributed by atoms with van der Waals surface area (Å²) in [6, 6.07) is 5.85. The second-order valence-electron chi connectivity index (χ2n) is 7.98. The van der Waals surface area contributed by atoms with Crippen LogP contribution in [0.3, 0.4) is 0 Å². The number of fused-ring (bicyclic) bond motifs is 2. The highest BCUT2D eigenvalue weighted by Gasteiger charge is 2.28. The number of anilines is 1. The van der Waals surface area contributed by atoms with Gasteiger partial charge in [-0.3, -0.25) is 9.78 Å². The van der Waals surface area contributed by atoms with Crippen LogP contribution in [0, 0.1) is 0 Å². The van der Waals surface area contributed by atoms with Gasteiger partial charge >= 0.3 is 0 Å². The Morgan fingerprint density at radius 3 is 2.72 bits per heavy atom. The first-order valence-corrected chi connectivity index (χ1v) is 11.4. The third kappa shape index (κ3) is 3.91. The van der Waals surface area contributed by atoms with Crippen LogP contribution < -0.4 is 14.8 Å². The van der Waals surface area contributed by atoms with Crippen molar-refractivity contribution in [3.8, 4) is 11.5 Å². The van der Waals surface area contributed by atoms with E-state index in [2.05, 4.69) is 12.2 Å². The zero-order valence-corrected chi connectivity index (χ0v) is 18.8. The quantitative estimate of drug-likeness (QED) is 0.744. The topological polar surface area (TPSA) is 72.9 Å². The van der Waals surface area contributed by atoms with Crippen molar-refractivity contribution >= 4 is 28.2 Å². The van der Waals surface area contributed by atoms with E-state index in [-0.39, 0.29) is 5.91 Å². The molecule has 1 aromatic heterocycles. The van der Waals surface area contributed by atoms with Crippen molar-refractivity contribution in [2.24, 2.45) is 0 Å². The fraction of sp³-hybridized carbons (Fsp3) is 0.417. The molecule has 0 radical (unpaired) electrons. The molecule has 8 heteroatoms. The maximum atomic E-state index is 13.1. The third-order valence-electron chi connectivity index (χ3n) is 5.90. The average Bonchev–Trinajstić information content (AvgIpc) is 3.20. The van der Waals surface area contributed by atoms with E-state index in [9.17, 15) is 4.79 Å². The summed E-state index contributed by atoms with van der Waals surface area (Å²) < 4.78 is 17.3. The van der Waals surface area contributed by atoms with Crippen LogP contribution in [0.4, 0.5) is 5.69 Å². The number of morpholine rings is 1. The van der Waals surface area contributed by atoms with Gasteiger partial charge in [-0.05, 0) is 19.1 Å². The van der Waals surface area contributed by atoms with E-state index in [1.54, 1.807) is 4.90 Å². The van der Waals surface area contributed by atoms with E-state index in [0.29, 0.717) is 63.0 Å². The number of pyridine rings is 1. The number of carbonyl (C=O) groups is 1. The SMILES string of the molecule is CCNc1cc(Cc2ccc(C(=O)N3CCOCC3)c3c2OCCO3)nc2c1C(Cl)=CC2. The molecule has 2 aliphatic heterocycles. The molecule has 5 rings (SSSR count). The van der Waals surface area contributed by atoms with Gasteiger partial charge in [0.15, 0.2) is 11.5 Å². The van der Waals surface area contributed by atoms with Crippen LogP contribution in [0.15, 0.2) is 24.3 Å². The van der Waals surface area contributed by atoms with Gasteiger partial charge in [-0.15, -0.1) is 0 Å². The third-order valence-corrected chi connectivity index (χ3v) is 6.24. The van der Waals surface area contributed by atoms with Crippen LogP contribution in [0.1, 0.15) is 39.8 Å². The standard InChI is InChI=1S/C24H26ClN3O4/c1-2-26-20-14-16(27-19-6-5-18(25)21(19)20)13-15-3-4-17(23-22(15)31-11-12-32-23)24(29)28-7-9-30-10-8-28/h3-5,14H,2,6-13H2,1H3,(H,26,27). The van der Waals surface area contributed by atoms with E-state index < -0.39 is 0 Å². The molecule has 0 bridgehead atoms. The Morgan fingerprint density at radius 2 is 1.94 bits per heavy atom. The van der Waals surface area contributed by atoms with Crippen molar-refractivity contribution in [1.29, 1.82) is 0 Å². The number of allylic oxidation sites excluding steroid dienone is 1. The van der Waals surface area contributed by atoms with Crippen LogP contribution in [-0.2, 0) is 17.6 Å². The minimum Gasteiger partial charge on any atom is -0.486 e. The number of hydrogen-bond donors (Lipinski definition) is 1. The molecule has 1 amide bonds. The van der Waals surface area contributed by atoms with Crippen LogP contribution >= 0.6 is 11.6 Å². The van der Waals surface area contributed by atoms with Gasteiger partial charge in [0.25, 0.3) is 5.91 Å². The fourth-order valence-electron chi connectivity index (χ4n) is 4.41. The molecule has 168 valence electrons. The van der Waals surface area contributed by atoms with Crippen LogP contribution in [0.5, 0.6) is 11.5 Å². The van der Waals surface area contributed by atoms with Gasteiger partial charge in [-0.1, -0.05) is 23.7 Å². The number of hydrogen-bond acceptors (Lipinski definition) is 6. The van der Waals surface area contributed by atoms with Gasteiger partial charge in [-0.25, -0.2) is 0 Å². The van der Waals surface area contributed by atoms with Gasteiger partial charge < -0.3 is 24.4 Å². The highest BCUT2D eigenvalue weighted by atomic mass is 35.5. The molecule has 2 aromatic rings. The van der Waals surface area contributed by atoms with Crippen LogP contribution in [0.25, 0.3) is 5.03 Å². The van der Waals surface area contributed by atoms with Gasteiger partial charge in [-0.2, -0.15) is 0 Å². The number of ether oxygens (including phenoxy) is 3. The summed E-state index contributed by atoms with van der Waals surface area (Å²) in [5.74, 6) is 1.12. The van der Waals surface area contributed by atoms with E-state index in [4.69, 9.17) is 30.8 Å². The summed E-state index contributed by atoms with van der Waals surface area (Å²) >= 11 is 6.40. The molecular weight excluding hydrogens is 430 g/mol. The Kier molecular flexibility index (Phi) is 5.93. The summed E-state index contributed by atoms with van der Waals surface area (Å²) in [6.07, 6.45) is 3.29. The Labute approximate surface area is 192 Å². The highest BCUT2D eigenvalue weighted by Crippen LogP contribution is 2.40. The first-order chi connectivity index (χ1) is 15.7. The smallest absolute Gasteiger partial charge is 0.257 e. The summed E-state index contributed by atoms with van der Waals surface area (Å²) in [5, 5.41) is 4.15. The number of aromatic nitrogens is 1. The molecule has 1 fully saturated rings. The van der Waals surface area contributed by atoms with Gasteiger partial charge in [0.1, 0.15) is 13.2 Å². The maximum absolute atomic E-state index is 13.1. The molecule has 0 saturated carbocycles. The Morgan fingerprint density at radius 1 is 1.16 bits per heavy atom. The van der Waals surface area contributed by atoms with Crippen molar-refractivity contribution in [3.63, 3.8) is 0 Å². The highest BCUT2D eigenvalue weighted by molar-refractivity contribution is 6.49. The number of benzene rings is 1. The summed E-state index contributed by atoms with van der Waals surface area (Å²) in [5.41, 5.74) is 5.38.